The number of ether oxygens (including phenoxy) is 1. The minimum atomic E-state index is -1.30. The van der Waals surface area contributed by atoms with Crippen molar-refractivity contribution in [3.63, 3.8) is 0 Å². The molecule has 0 saturated carbocycles. The Kier molecular flexibility index (Phi) is 5.21. The second kappa shape index (κ2) is 6.52. The molecule has 0 saturated heterocycles. The van der Waals surface area contributed by atoms with Gasteiger partial charge in [0.05, 0.1) is 10.5 Å². The average molecular weight is 310 g/mol. The number of nitrogens with two attached hydrogens (primary N) is 1. The van der Waals surface area contributed by atoms with Crippen LogP contribution in [-0.2, 0) is 9.53 Å². The number of carboxylic acid groups (broad SMARTS) is 1. The van der Waals surface area contributed by atoms with Crippen LogP contribution in [0, 0.1) is 10.1 Å². The lowest BCUT2D eigenvalue weighted by atomic mass is 9.95. The van der Waals surface area contributed by atoms with Crippen LogP contribution in [0.5, 0.6) is 0 Å². The number of carbonyl (C=O) groups is 2. The van der Waals surface area contributed by atoms with E-state index < -0.39 is 34.1 Å². The number of esters is 1. The molecule has 0 radical (unpaired) electrons. The first-order valence-electron chi connectivity index (χ1n) is 6.51. The number of carbonyl (C=O) groups excluding carboxylic acids is 1. The van der Waals surface area contributed by atoms with Crippen LogP contribution in [0.25, 0.3) is 0 Å². The maximum absolute atomic E-state index is 12.1. The Labute approximate surface area is 127 Å². The molecule has 1 aromatic rings. The number of nitro groups is 1. The van der Waals surface area contributed by atoms with Crippen LogP contribution >= 0.6 is 0 Å². The van der Waals surface area contributed by atoms with Gasteiger partial charge in [-0.1, -0.05) is 6.07 Å². The van der Waals surface area contributed by atoms with Gasteiger partial charge in [-0.25, -0.2) is 4.79 Å². The van der Waals surface area contributed by atoms with Crippen LogP contribution in [0.3, 0.4) is 0 Å². The van der Waals surface area contributed by atoms with Crippen molar-refractivity contribution >= 4 is 17.6 Å². The first-order chi connectivity index (χ1) is 10.1. The van der Waals surface area contributed by atoms with Gasteiger partial charge >= 0.3 is 11.9 Å². The summed E-state index contributed by atoms with van der Waals surface area (Å²) in [7, 11) is 0. The number of hydrogen-bond donors (Lipinski definition) is 2. The fourth-order valence-electron chi connectivity index (χ4n) is 1.85. The van der Waals surface area contributed by atoms with Crippen molar-refractivity contribution in [1.29, 1.82) is 0 Å². The summed E-state index contributed by atoms with van der Waals surface area (Å²) in [6, 6.07) is 3.32. The van der Waals surface area contributed by atoms with Crippen LogP contribution in [0.4, 0.5) is 5.69 Å². The molecule has 1 atom stereocenters. The fourth-order valence-corrected chi connectivity index (χ4v) is 1.85. The van der Waals surface area contributed by atoms with Crippen LogP contribution in [0.2, 0.25) is 0 Å². The van der Waals surface area contributed by atoms with Gasteiger partial charge in [-0.3, -0.25) is 14.9 Å². The fraction of sp³-hybridized carbons (Fsp3) is 0.429. The van der Waals surface area contributed by atoms with Gasteiger partial charge in [-0.05, 0) is 26.8 Å². The zero-order chi connectivity index (χ0) is 17.1. The molecule has 8 nitrogen and oxygen atoms in total. The van der Waals surface area contributed by atoms with E-state index in [-0.39, 0.29) is 17.7 Å². The van der Waals surface area contributed by atoms with E-state index in [4.69, 9.17) is 15.6 Å². The quantitative estimate of drug-likeness (QED) is 0.480. The molecule has 0 aliphatic carbocycles. The topological polar surface area (TPSA) is 133 Å². The lowest BCUT2D eigenvalue weighted by Crippen LogP contribution is -2.31. The van der Waals surface area contributed by atoms with Crippen molar-refractivity contribution in [1.82, 2.24) is 0 Å². The molecule has 0 bridgehead atoms. The maximum atomic E-state index is 12.1. The lowest BCUT2D eigenvalue weighted by molar-refractivity contribution is -0.385. The molecule has 0 aliphatic heterocycles. The van der Waals surface area contributed by atoms with E-state index in [1.165, 1.54) is 12.1 Å². The number of aromatic carboxylic acids is 1. The normalized spacial score (nSPS) is 12.5. The first kappa shape index (κ1) is 17.6. The highest BCUT2D eigenvalue weighted by atomic mass is 16.6. The minimum Gasteiger partial charge on any atom is -0.478 e. The predicted molar refractivity (Wildman–Crippen MR) is 77.7 cm³/mol. The third-order valence-corrected chi connectivity index (χ3v) is 2.78. The SMILES string of the molecule is CC(C)(C)OC(=O)C(CN)c1ccc(C(=O)O)cc1[N+](=O)[O-]. The molecular weight excluding hydrogens is 292 g/mol. The van der Waals surface area contributed by atoms with Gasteiger partial charge in [0.15, 0.2) is 0 Å². The van der Waals surface area contributed by atoms with Crippen molar-refractivity contribution in [3.8, 4) is 0 Å². The summed E-state index contributed by atoms with van der Waals surface area (Å²) >= 11 is 0. The molecule has 0 fully saturated rings. The molecule has 120 valence electrons. The van der Waals surface area contributed by atoms with Crippen LogP contribution in [0.1, 0.15) is 42.6 Å². The Morgan fingerprint density at radius 1 is 1.41 bits per heavy atom. The second-order valence-corrected chi connectivity index (χ2v) is 5.66. The smallest absolute Gasteiger partial charge is 0.335 e. The molecule has 0 amide bonds. The van der Waals surface area contributed by atoms with E-state index in [2.05, 4.69) is 0 Å². The summed E-state index contributed by atoms with van der Waals surface area (Å²) in [5.41, 5.74) is 4.11. The molecule has 3 N–H and O–H groups in total. The molecule has 1 rings (SSSR count). The maximum Gasteiger partial charge on any atom is 0.335 e. The molecule has 8 heteroatoms. The summed E-state index contributed by atoms with van der Waals surface area (Å²) in [5.74, 6) is -3.03. The molecule has 0 spiro atoms. The van der Waals surface area contributed by atoms with Gasteiger partial charge in [0.25, 0.3) is 5.69 Å². The summed E-state index contributed by atoms with van der Waals surface area (Å²) in [6.45, 7) is 4.81. The van der Waals surface area contributed by atoms with Crippen molar-refractivity contribution in [2.24, 2.45) is 5.73 Å². The molecule has 0 aliphatic rings. The third kappa shape index (κ3) is 4.26. The number of nitro benzene ring substituents is 1. The molecule has 0 heterocycles. The van der Waals surface area contributed by atoms with Crippen LogP contribution in [-0.4, -0.2) is 34.1 Å². The molecule has 0 aromatic heterocycles. The van der Waals surface area contributed by atoms with E-state index in [0.717, 1.165) is 6.07 Å². The van der Waals surface area contributed by atoms with Crippen molar-refractivity contribution in [3.05, 3.63) is 39.4 Å². The summed E-state index contributed by atoms with van der Waals surface area (Å²) in [4.78, 5) is 33.5. The predicted octanol–water partition coefficient (Wildman–Crippen LogP) is 1.68. The summed E-state index contributed by atoms with van der Waals surface area (Å²) in [6.07, 6.45) is 0. The Morgan fingerprint density at radius 2 is 2.00 bits per heavy atom. The Balaban J connectivity index is 3.30. The monoisotopic (exact) mass is 310 g/mol. The zero-order valence-corrected chi connectivity index (χ0v) is 12.5. The molecule has 1 unspecified atom stereocenters. The van der Waals surface area contributed by atoms with E-state index in [1.807, 2.05) is 0 Å². The third-order valence-electron chi connectivity index (χ3n) is 2.78. The van der Waals surface area contributed by atoms with Crippen molar-refractivity contribution < 1.29 is 24.4 Å². The van der Waals surface area contributed by atoms with Gasteiger partial charge in [0.1, 0.15) is 11.5 Å². The van der Waals surface area contributed by atoms with Crippen LogP contribution in [0.15, 0.2) is 18.2 Å². The number of benzene rings is 1. The van der Waals surface area contributed by atoms with E-state index in [0.29, 0.717) is 0 Å². The number of hydrogen-bond acceptors (Lipinski definition) is 6. The van der Waals surface area contributed by atoms with E-state index in [1.54, 1.807) is 20.8 Å². The van der Waals surface area contributed by atoms with Crippen molar-refractivity contribution in [2.75, 3.05) is 6.54 Å². The molecule has 1 aromatic carbocycles. The standard InChI is InChI=1S/C14H18N2O6/c1-14(2,3)22-13(19)10(7-15)9-5-4-8(12(17)18)6-11(9)16(20)21/h4-6,10H,7,15H2,1-3H3,(H,17,18). The van der Waals surface area contributed by atoms with Gasteiger partial charge in [0.2, 0.25) is 0 Å². The average Bonchev–Trinajstić information content (AvgIpc) is 2.37. The van der Waals surface area contributed by atoms with E-state index >= 15 is 0 Å². The largest absolute Gasteiger partial charge is 0.478 e. The van der Waals surface area contributed by atoms with Gasteiger partial charge in [0, 0.05) is 18.2 Å². The van der Waals surface area contributed by atoms with E-state index in [9.17, 15) is 19.7 Å². The Morgan fingerprint density at radius 3 is 2.41 bits per heavy atom. The number of nitrogens with zero attached hydrogens (tertiary/aromatic N) is 1. The van der Waals surface area contributed by atoms with Crippen LogP contribution < -0.4 is 5.73 Å². The van der Waals surface area contributed by atoms with Gasteiger partial charge in [-0.15, -0.1) is 0 Å². The second-order valence-electron chi connectivity index (χ2n) is 5.66. The van der Waals surface area contributed by atoms with Gasteiger partial charge < -0.3 is 15.6 Å². The highest BCUT2D eigenvalue weighted by Gasteiger charge is 2.31. The highest BCUT2D eigenvalue weighted by molar-refractivity contribution is 5.89. The Hall–Kier alpha value is -2.48. The van der Waals surface area contributed by atoms with Gasteiger partial charge in [-0.2, -0.15) is 0 Å². The summed E-state index contributed by atoms with van der Waals surface area (Å²) < 4.78 is 5.20. The first-order valence-corrected chi connectivity index (χ1v) is 6.51. The number of carboxylic acids is 1. The lowest BCUT2D eigenvalue weighted by Gasteiger charge is -2.23. The summed E-state index contributed by atoms with van der Waals surface area (Å²) in [5, 5.41) is 20.0. The van der Waals surface area contributed by atoms with Crippen molar-refractivity contribution in [2.45, 2.75) is 32.3 Å². The minimum absolute atomic E-state index is 0.0340. The number of rotatable bonds is 5. The zero-order valence-electron chi connectivity index (χ0n) is 12.5. The Bertz CT molecular complexity index is 606. The molecule has 22 heavy (non-hydrogen) atoms. The molecular formula is C14H18N2O6. The highest BCUT2D eigenvalue weighted by Crippen LogP contribution is 2.29.